The van der Waals surface area contributed by atoms with Crippen molar-refractivity contribution in [1.29, 1.82) is 0 Å². The van der Waals surface area contributed by atoms with Crippen LogP contribution in [-0.4, -0.2) is 54.3 Å². The quantitative estimate of drug-likeness (QED) is 0.460. The maximum atomic E-state index is 12.6. The number of aliphatic carboxylic acids is 1. The second kappa shape index (κ2) is 11.7. The van der Waals surface area contributed by atoms with Crippen LogP contribution in [0.4, 0.5) is 4.79 Å². The topological polar surface area (TPSA) is 105 Å². The molecule has 8 heteroatoms. The number of benzene rings is 2. The molecule has 2 aromatic carbocycles. The number of carboxylic acid groups (broad SMARTS) is 1. The van der Waals surface area contributed by atoms with Crippen molar-refractivity contribution in [2.24, 2.45) is 5.92 Å². The predicted octanol–water partition coefficient (Wildman–Crippen LogP) is 3.87. The summed E-state index contributed by atoms with van der Waals surface area (Å²) in [6.07, 6.45) is 2.08. The fraction of sp³-hybridized carbons (Fsp3) is 0.400. The largest absolute Gasteiger partial charge is 0.481 e. The second-order valence-electron chi connectivity index (χ2n) is 7.99. The van der Waals surface area contributed by atoms with E-state index in [1.54, 1.807) is 18.7 Å². The second-order valence-corrected chi connectivity index (χ2v) is 8.98. The lowest BCUT2D eigenvalue weighted by Gasteiger charge is -2.20. The van der Waals surface area contributed by atoms with Gasteiger partial charge in [0.1, 0.15) is 12.6 Å². The van der Waals surface area contributed by atoms with Crippen LogP contribution in [0.1, 0.15) is 36.8 Å². The molecule has 0 aliphatic heterocycles. The summed E-state index contributed by atoms with van der Waals surface area (Å²) < 4.78 is 5.55. The molecule has 1 unspecified atom stereocenters. The molecule has 0 saturated heterocycles. The number of rotatable bonds is 11. The van der Waals surface area contributed by atoms with Crippen molar-refractivity contribution in [2.75, 3.05) is 25.2 Å². The number of nitrogens with one attached hydrogen (secondary N) is 2. The Morgan fingerprint density at radius 3 is 2.21 bits per heavy atom. The summed E-state index contributed by atoms with van der Waals surface area (Å²) in [5.41, 5.74) is 4.51. The van der Waals surface area contributed by atoms with Crippen molar-refractivity contribution in [1.82, 2.24) is 10.6 Å². The molecule has 3 N–H and O–H groups in total. The van der Waals surface area contributed by atoms with Crippen molar-refractivity contribution in [3.8, 4) is 11.1 Å². The maximum Gasteiger partial charge on any atom is 0.407 e. The molecular weight excluding hydrogens is 440 g/mol. The van der Waals surface area contributed by atoms with Gasteiger partial charge in [-0.25, -0.2) is 4.79 Å². The highest BCUT2D eigenvalue weighted by Gasteiger charge is 2.30. The smallest absolute Gasteiger partial charge is 0.407 e. The monoisotopic (exact) mass is 470 g/mol. The molecule has 2 atom stereocenters. The highest BCUT2D eigenvalue weighted by atomic mass is 32.2. The summed E-state index contributed by atoms with van der Waals surface area (Å²) in [5, 5.41) is 14.5. The minimum Gasteiger partial charge on any atom is -0.481 e. The van der Waals surface area contributed by atoms with Crippen molar-refractivity contribution in [3.63, 3.8) is 0 Å². The predicted molar refractivity (Wildman–Crippen MR) is 129 cm³/mol. The molecule has 0 fully saturated rings. The average Bonchev–Trinajstić information content (AvgIpc) is 3.14. The number of amides is 2. The number of thioether (sulfide) groups is 1. The van der Waals surface area contributed by atoms with Crippen LogP contribution < -0.4 is 10.6 Å². The van der Waals surface area contributed by atoms with E-state index in [0.717, 1.165) is 22.3 Å². The molecule has 2 amide bonds. The maximum absolute atomic E-state index is 12.6. The van der Waals surface area contributed by atoms with Crippen LogP contribution in [-0.2, 0) is 14.3 Å². The Balaban J connectivity index is 1.61. The third-order valence-corrected chi connectivity index (χ3v) is 6.57. The first-order valence-corrected chi connectivity index (χ1v) is 12.5. The summed E-state index contributed by atoms with van der Waals surface area (Å²) in [4.78, 5) is 36.4. The first-order chi connectivity index (χ1) is 16.0. The molecule has 0 radical (unpaired) electrons. The van der Waals surface area contributed by atoms with Crippen LogP contribution in [0.5, 0.6) is 0 Å². The van der Waals surface area contributed by atoms with Gasteiger partial charge in [0.25, 0.3) is 0 Å². The molecule has 1 aliphatic carbocycles. The van der Waals surface area contributed by atoms with Gasteiger partial charge in [0.15, 0.2) is 0 Å². The minimum atomic E-state index is -0.956. The number of hydrogen-bond acceptors (Lipinski definition) is 5. The van der Waals surface area contributed by atoms with Crippen molar-refractivity contribution in [2.45, 2.75) is 31.7 Å². The molecule has 7 nitrogen and oxygen atoms in total. The minimum absolute atomic E-state index is 0.0206. The normalized spacial score (nSPS) is 14.0. The highest BCUT2D eigenvalue weighted by molar-refractivity contribution is 7.98. The first-order valence-electron chi connectivity index (χ1n) is 11.1. The highest BCUT2D eigenvalue weighted by Crippen LogP contribution is 2.44. The van der Waals surface area contributed by atoms with Crippen LogP contribution in [0, 0.1) is 5.92 Å². The molecule has 2 aromatic rings. The van der Waals surface area contributed by atoms with E-state index in [-0.39, 0.29) is 19.1 Å². The summed E-state index contributed by atoms with van der Waals surface area (Å²) in [6, 6.07) is 15.4. The molecule has 1 aliphatic rings. The zero-order valence-electron chi connectivity index (χ0n) is 18.9. The van der Waals surface area contributed by atoms with Crippen LogP contribution in [0.2, 0.25) is 0 Å². The Labute approximate surface area is 198 Å². The van der Waals surface area contributed by atoms with Gasteiger partial charge in [0.2, 0.25) is 5.91 Å². The number of carboxylic acids is 1. The lowest BCUT2D eigenvalue weighted by molar-refractivity contribution is -0.141. The van der Waals surface area contributed by atoms with Gasteiger partial charge in [-0.3, -0.25) is 9.59 Å². The molecule has 0 heterocycles. The van der Waals surface area contributed by atoms with Gasteiger partial charge < -0.3 is 20.5 Å². The Kier molecular flexibility index (Phi) is 8.77. The van der Waals surface area contributed by atoms with Crippen LogP contribution in [0.25, 0.3) is 11.1 Å². The Morgan fingerprint density at radius 2 is 1.67 bits per heavy atom. The molecule has 33 heavy (non-hydrogen) atoms. The standard InChI is InChI=1S/C25H30N2O5S/c1-3-16(24(29)30)14-26-23(28)22(12-13-33-2)27-25(31)32-15-21-19-10-6-4-8-17(19)18-9-5-7-11-20(18)21/h4-11,16,21-22H,3,12-15H2,1-2H3,(H,26,28)(H,27,31)(H,29,30)/t16?,22-/m1/s1. The first kappa shape index (κ1) is 24.6. The SMILES string of the molecule is CCC(CNC(=O)[C@@H](CCSC)NC(=O)OCC1c2ccccc2-c2ccccc21)C(=O)O. The average molecular weight is 471 g/mol. The fourth-order valence-corrected chi connectivity index (χ4v) is 4.51. The van der Waals surface area contributed by atoms with Crippen molar-refractivity contribution >= 4 is 29.7 Å². The third-order valence-electron chi connectivity index (χ3n) is 5.93. The number of fused-ring (bicyclic) bond motifs is 3. The summed E-state index contributed by atoms with van der Waals surface area (Å²) in [7, 11) is 0. The van der Waals surface area contributed by atoms with E-state index >= 15 is 0 Å². The number of ether oxygens (including phenoxy) is 1. The van der Waals surface area contributed by atoms with Crippen molar-refractivity contribution in [3.05, 3.63) is 59.7 Å². The number of alkyl carbamates (subject to hydrolysis) is 1. The Hall–Kier alpha value is -3.00. The lowest BCUT2D eigenvalue weighted by Crippen LogP contribution is -2.48. The summed E-state index contributed by atoms with van der Waals surface area (Å²) >= 11 is 1.56. The molecule has 0 bridgehead atoms. The fourth-order valence-electron chi connectivity index (χ4n) is 4.04. The zero-order chi connectivity index (χ0) is 23.8. The van der Waals surface area contributed by atoms with Gasteiger partial charge in [-0.15, -0.1) is 0 Å². The van der Waals surface area contributed by atoms with E-state index in [2.05, 4.69) is 22.8 Å². The van der Waals surface area contributed by atoms with E-state index in [1.807, 2.05) is 42.7 Å². The van der Waals surface area contributed by atoms with Gasteiger partial charge in [-0.2, -0.15) is 11.8 Å². The molecular formula is C25H30N2O5S. The van der Waals surface area contributed by atoms with E-state index in [9.17, 15) is 19.5 Å². The molecule has 3 rings (SSSR count). The molecule has 0 saturated carbocycles. The van der Waals surface area contributed by atoms with Crippen LogP contribution in [0.3, 0.4) is 0 Å². The van der Waals surface area contributed by atoms with Gasteiger partial charge in [-0.05, 0) is 47.1 Å². The van der Waals surface area contributed by atoms with Crippen molar-refractivity contribution < 1.29 is 24.2 Å². The number of carbonyl (C=O) groups is 3. The Bertz CT molecular complexity index is 951. The van der Waals surface area contributed by atoms with E-state index in [4.69, 9.17) is 4.74 Å². The summed E-state index contributed by atoms with van der Waals surface area (Å²) in [5.74, 6) is -1.43. The summed E-state index contributed by atoms with van der Waals surface area (Å²) in [6.45, 7) is 1.94. The number of hydrogen-bond donors (Lipinski definition) is 3. The lowest BCUT2D eigenvalue weighted by atomic mass is 9.98. The van der Waals surface area contributed by atoms with Gasteiger partial charge in [-0.1, -0.05) is 55.5 Å². The Morgan fingerprint density at radius 1 is 1.06 bits per heavy atom. The van der Waals surface area contributed by atoms with E-state index in [1.165, 1.54) is 0 Å². The van der Waals surface area contributed by atoms with Crippen LogP contribution in [0.15, 0.2) is 48.5 Å². The van der Waals surface area contributed by atoms with Crippen LogP contribution >= 0.6 is 11.8 Å². The molecule has 0 aromatic heterocycles. The third kappa shape index (κ3) is 6.07. The molecule has 176 valence electrons. The molecule has 0 spiro atoms. The van der Waals surface area contributed by atoms with Gasteiger partial charge in [0.05, 0.1) is 5.92 Å². The van der Waals surface area contributed by atoms with Gasteiger partial charge >= 0.3 is 12.1 Å². The number of carbonyl (C=O) groups excluding carboxylic acids is 2. The van der Waals surface area contributed by atoms with Gasteiger partial charge in [0, 0.05) is 12.5 Å². The van der Waals surface area contributed by atoms with E-state index in [0.29, 0.717) is 18.6 Å². The zero-order valence-corrected chi connectivity index (χ0v) is 19.7. The van der Waals surface area contributed by atoms with E-state index < -0.39 is 29.9 Å².